The molecule has 6 fully saturated rings. The zero-order valence-electron chi connectivity index (χ0n) is 27.7. The molecule has 1 aliphatic heterocycles. The Bertz CT molecular complexity index is 1390. The molecule has 258 valence electrons. The van der Waals surface area contributed by atoms with Crippen LogP contribution in [0.5, 0.6) is 5.75 Å². The monoisotopic (exact) mass is 659 g/mol. The molecule has 47 heavy (non-hydrogen) atoms. The molecule has 1 N–H and O–H groups in total. The van der Waals surface area contributed by atoms with Crippen LogP contribution in [0.2, 0.25) is 0 Å². The topological polar surface area (TPSA) is 152 Å². The summed E-state index contributed by atoms with van der Waals surface area (Å²) in [6, 6.07) is 6.39. The Kier molecular flexibility index (Phi) is 8.22. The summed E-state index contributed by atoms with van der Waals surface area (Å²) in [6.07, 6.45) is -1.61. The van der Waals surface area contributed by atoms with Crippen LogP contribution in [-0.2, 0) is 42.8 Å². The molecule has 13 heteroatoms. The van der Waals surface area contributed by atoms with Crippen LogP contribution in [0, 0.1) is 40.4 Å². The molecule has 5 saturated carbocycles. The highest BCUT2D eigenvalue weighted by molar-refractivity contribution is 5.89. The number of hydroxylamine groups is 2. The van der Waals surface area contributed by atoms with Crippen molar-refractivity contribution < 1.29 is 57.5 Å². The first-order valence-corrected chi connectivity index (χ1v) is 16.3. The summed E-state index contributed by atoms with van der Waals surface area (Å²) in [4.78, 5) is 45.8. The molecule has 1 heterocycles. The van der Waals surface area contributed by atoms with Crippen molar-refractivity contribution in [2.45, 2.75) is 68.3 Å². The van der Waals surface area contributed by atoms with Crippen LogP contribution in [0.1, 0.15) is 36.5 Å². The van der Waals surface area contributed by atoms with E-state index in [2.05, 4.69) is 0 Å². The Morgan fingerprint density at radius 1 is 0.979 bits per heavy atom. The van der Waals surface area contributed by atoms with Gasteiger partial charge < -0.3 is 43.1 Å². The van der Waals surface area contributed by atoms with Crippen molar-refractivity contribution in [2.75, 3.05) is 48.9 Å². The van der Waals surface area contributed by atoms with E-state index in [-0.39, 0.29) is 49.2 Å². The number of methoxy groups -OCH3 is 5. The normalized spacial score (nSPS) is 47.1. The van der Waals surface area contributed by atoms with Gasteiger partial charge in [0.05, 0.1) is 49.0 Å². The zero-order valence-corrected chi connectivity index (χ0v) is 27.7. The molecular formula is C34H45NO12. The van der Waals surface area contributed by atoms with E-state index in [1.807, 2.05) is 5.06 Å². The Hall–Kier alpha value is -2.65. The molecule has 0 radical (unpaired) electrons. The molecule has 0 aromatic heterocycles. The fourth-order valence-corrected chi connectivity index (χ4v) is 11.5. The van der Waals surface area contributed by atoms with Gasteiger partial charge in [0.1, 0.15) is 36.6 Å². The van der Waals surface area contributed by atoms with Crippen molar-refractivity contribution in [2.24, 2.45) is 40.4 Å². The number of fused-ring (bicyclic) bond motifs is 3. The van der Waals surface area contributed by atoms with Crippen molar-refractivity contribution in [3.63, 3.8) is 0 Å². The SMILES string of the molecule is COC[C@]1(C=O)[C@H]2[C@@H](OC)[C@H]3C(N4CO4)[C@]2([C@@H](OC)C[C@H]1OC(C)=O)[C@@H]1C[C@]2(O)[C@@H](OC)C[C@H]3[C@H]1[C@H]2OC(=O)c1ccc(OC)cc1. The summed E-state index contributed by atoms with van der Waals surface area (Å²) in [5, 5.41) is 14.6. The molecule has 1 spiro atoms. The Morgan fingerprint density at radius 3 is 2.23 bits per heavy atom. The Morgan fingerprint density at radius 2 is 1.68 bits per heavy atom. The molecule has 4 bridgehead atoms. The van der Waals surface area contributed by atoms with Gasteiger partial charge in [0.25, 0.3) is 0 Å². The summed E-state index contributed by atoms with van der Waals surface area (Å²) < 4.78 is 42.2. The second-order valence-electron chi connectivity index (χ2n) is 14.2. The maximum absolute atomic E-state index is 13.7. The van der Waals surface area contributed by atoms with Crippen LogP contribution >= 0.6 is 0 Å². The van der Waals surface area contributed by atoms with E-state index < -0.39 is 64.8 Å². The first kappa shape index (κ1) is 32.9. The van der Waals surface area contributed by atoms with Gasteiger partial charge in [-0.1, -0.05) is 0 Å². The smallest absolute Gasteiger partial charge is 0.338 e. The minimum atomic E-state index is -1.52. The minimum absolute atomic E-state index is 0.0135. The highest BCUT2D eigenvalue weighted by Crippen LogP contribution is 2.78. The third-order valence-electron chi connectivity index (χ3n) is 12.7. The number of hydrogen-bond donors (Lipinski definition) is 1. The van der Waals surface area contributed by atoms with Crippen molar-refractivity contribution >= 4 is 18.2 Å². The number of carbonyl (C=O) groups is 3. The maximum atomic E-state index is 13.7. The van der Waals surface area contributed by atoms with Crippen LogP contribution in [0.3, 0.4) is 0 Å². The van der Waals surface area contributed by atoms with E-state index in [1.165, 1.54) is 14.0 Å². The zero-order chi connectivity index (χ0) is 33.5. The number of carbonyl (C=O) groups excluding carboxylic acids is 3. The van der Waals surface area contributed by atoms with Gasteiger partial charge in [-0.15, -0.1) is 0 Å². The highest BCUT2D eigenvalue weighted by Gasteiger charge is 2.86. The molecule has 1 saturated heterocycles. The number of esters is 2. The Labute approximate surface area is 274 Å². The third kappa shape index (κ3) is 4.36. The van der Waals surface area contributed by atoms with Gasteiger partial charge in [0, 0.05) is 65.0 Å². The molecule has 2 unspecified atom stereocenters. The fraction of sp³-hybridized carbons (Fsp3) is 0.735. The van der Waals surface area contributed by atoms with E-state index in [4.69, 9.17) is 38.0 Å². The quantitative estimate of drug-likeness (QED) is 0.208. The molecule has 6 aliphatic rings. The number of rotatable bonds is 11. The highest BCUT2D eigenvalue weighted by atomic mass is 16.8. The largest absolute Gasteiger partial charge is 0.497 e. The standard InChI is InChI=1S/C34H45NO12/c1-17(37)46-22-12-24(43-5)34-21-13-33(39)23(42-4)11-20(25(21)30(33)47-31(38)18-7-9-19(41-3)10-8-18)26(29(34)35-16-45-35)27(44-6)28(34)32(22,14-36)15-40-2/h7-10,14,20-30,39H,11-13,15-16H2,1-6H3/t20-,21+,22+,23-,24-,25+,26-,27-,28+,29?,30+,32-,33-,34-,35?/m0/s1. The number of benzene rings is 1. The van der Waals surface area contributed by atoms with Crippen molar-refractivity contribution in [1.82, 2.24) is 5.06 Å². The van der Waals surface area contributed by atoms with Crippen molar-refractivity contribution in [3.05, 3.63) is 29.8 Å². The molecule has 0 amide bonds. The number of nitrogens with zero attached hydrogens (tertiary/aromatic N) is 1. The molecular weight excluding hydrogens is 614 g/mol. The molecule has 7 rings (SSSR count). The second kappa shape index (κ2) is 11.7. The van der Waals surface area contributed by atoms with Gasteiger partial charge in [-0.2, -0.15) is 5.06 Å². The number of hydrogen-bond acceptors (Lipinski definition) is 13. The molecule has 1 aromatic carbocycles. The minimum Gasteiger partial charge on any atom is -0.497 e. The number of aliphatic hydroxyl groups is 1. The lowest BCUT2D eigenvalue weighted by Crippen LogP contribution is -2.70. The first-order chi connectivity index (χ1) is 22.6. The second-order valence-corrected chi connectivity index (χ2v) is 14.2. The average Bonchev–Trinajstić information content (AvgIpc) is 3.83. The summed E-state index contributed by atoms with van der Waals surface area (Å²) in [6.45, 7) is 1.71. The number of aldehydes is 1. The third-order valence-corrected chi connectivity index (χ3v) is 12.7. The maximum Gasteiger partial charge on any atom is 0.338 e. The summed E-state index contributed by atoms with van der Waals surface area (Å²) in [5.74, 6) is -2.03. The van der Waals surface area contributed by atoms with Gasteiger partial charge in [-0.3, -0.25) is 9.63 Å². The van der Waals surface area contributed by atoms with E-state index in [1.54, 1.807) is 52.7 Å². The lowest BCUT2D eigenvalue weighted by atomic mass is 9.45. The molecule has 5 aliphatic carbocycles. The van der Waals surface area contributed by atoms with Gasteiger partial charge >= 0.3 is 11.9 Å². The lowest BCUT2D eigenvalue weighted by molar-refractivity contribution is -0.244. The van der Waals surface area contributed by atoms with E-state index in [0.717, 1.165) is 6.29 Å². The Balaban J connectivity index is 1.41. The number of ether oxygens (including phenoxy) is 7. The van der Waals surface area contributed by atoms with Crippen LogP contribution in [0.4, 0.5) is 0 Å². The van der Waals surface area contributed by atoms with E-state index in [0.29, 0.717) is 24.5 Å². The van der Waals surface area contributed by atoms with Crippen LogP contribution < -0.4 is 4.74 Å². The van der Waals surface area contributed by atoms with Crippen LogP contribution in [0.15, 0.2) is 24.3 Å². The average molecular weight is 660 g/mol. The van der Waals surface area contributed by atoms with Gasteiger partial charge in [0.2, 0.25) is 0 Å². The fourth-order valence-electron chi connectivity index (χ4n) is 11.5. The predicted octanol–water partition coefficient (Wildman–Crippen LogP) is 1.64. The lowest BCUT2D eigenvalue weighted by Gasteiger charge is -2.62. The summed E-state index contributed by atoms with van der Waals surface area (Å²) in [7, 11) is 7.92. The van der Waals surface area contributed by atoms with E-state index in [9.17, 15) is 19.5 Å². The van der Waals surface area contributed by atoms with Crippen molar-refractivity contribution in [3.8, 4) is 5.75 Å². The summed E-state index contributed by atoms with van der Waals surface area (Å²) >= 11 is 0. The van der Waals surface area contributed by atoms with Gasteiger partial charge in [-0.25, -0.2) is 4.79 Å². The molecule has 13 nitrogen and oxygen atoms in total. The predicted molar refractivity (Wildman–Crippen MR) is 161 cm³/mol. The molecule has 15 atom stereocenters. The van der Waals surface area contributed by atoms with Crippen LogP contribution in [-0.4, -0.2) is 119 Å². The van der Waals surface area contributed by atoms with Crippen molar-refractivity contribution in [1.29, 1.82) is 0 Å². The molecule has 1 aromatic rings. The summed E-state index contributed by atoms with van der Waals surface area (Å²) in [5.41, 5.74) is -3.34. The van der Waals surface area contributed by atoms with Gasteiger partial charge in [0.15, 0.2) is 0 Å². The van der Waals surface area contributed by atoms with Crippen LogP contribution in [0.25, 0.3) is 0 Å². The van der Waals surface area contributed by atoms with E-state index >= 15 is 0 Å². The first-order valence-electron chi connectivity index (χ1n) is 16.3. The van der Waals surface area contributed by atoms with Gasteiger partial charge in [-0.05, 0) is 48.9 Å².